The second kappa shape index (κ2) is 4.75. The molecule has 0 amide bonds. The van der Waals surface area contributed by atoms with E-state index in [1.165, 1.54) is 9.35 Å². The van der Waals surface area contributed by atoms with Crippen molar-refractivity contribution in [3.8, 4) is 0 Å². The Balaban J connectivity index is 1.95. The lowest BCUT2D eigenvalue weighted by Crippen LogP contribution is -2.49. The summed E-state index contributed by atoms with van der Waals surface area (Å²) < 4.78 is 1.23. The largest absolute Gasteiger partial charge is 0.314 e. The number of piperazine rings is 1. The van der Waals surface area contributed by atoms with Crippen LogP contribution in [0.4, 0.5) is 0 Å². The maximum absolute atomic E-state index is 3.50. The second-order valence-corrected chi connectivity index (χ2v) is 6.07. The molecular formula is C10H15BrN2S. The van der Waals surface area contributed by atoms with E-state index in [4.69, 9.17) is 0 Å². The van der Waals surface area contributed by atoms with E-state index >= 15 is 0 Å². The van der Waals surface area contributed by atoms with Gasteiger partial charge >= 0.3 is 0 Å². The molecule has 0 saturated carbocycles. The van der Waals surface area contributed by atoms with Crippen LogP contribution in [0.25, 0.3) is 0 Å². The van der Waals surface area contributed by atoms with Crippen LogP contribution in [-0.4, -0.2) is 30.6 Å². The second-order valence-electron chi connectivity index (χ2n) is 3.78. The lowest BCUT2D eigenvalue weighted by Gasteiger charge is -2.33. The molecule has 1 fully saturated rings. The predicted octanol–water partition coefficient (Wildman–Crippen LogP) is 2.30. The lowest BCUT2D eigenvalue weighted by atomic mass is 10.2. The van der Waals surface area contributed by atoms with Gasteiger partial charge in [-0.3, -0.25) is 4.90 Å². The van der Waals surface area contributed by atoms with E-state index in [9.17, 15) is 0 Å². The highest BCUT2D eigenvalue weighted by Crippen LogP contribution is 2.22. The first kappa shape index (κ1) is 10.6. The van der Waals surface area contributed by atoms with Gasteiger partial charge in [-0.2, -0.15) is 0 Å². The van der Waals surface area contributed by atoms with Crippen molar-refractivity contribution in [1.82, 2.24) is 10.2 Å². The molecule has 1 saturated heterocycles. The van der Waals surface area contributed by atoms with Crippen LogP contribution in [0.1, 0.15) is 12.5 Å². The minimum atomic E-state index is 0.655. The van der Waals surface area contributed by atoms with Crippen LogP contribution < -0.4 is 5.32 Å². The first-order valence-corrected chi connectivity index (χ1v) is 6.60. The summed E-state index contributed by atoms with van der Waals surface area (Å²) in [7, 11) is 0. The van der Waals surface area contributed by atoms with Crippen molar-refractivity contribution in [2.45, 2.75) is 19.5 Å². The van der Waals surface area contributed by atoms with Gasteiger partial charge in [0, 0.05) is 32.2 Å². The topological polar surface area (TPSA) is 15.3 Å². The minimum absolute atomic E-state index is 0.655. The predicted molar refractivity (Wildman–Crippen MR) is 64.8 cm³/mol. The Morgan fingerprint density at radius 2 is 2.57 bits per heavy atom. The molecule has 1 aliphatic heterocycles. The summed E-state index contributed by atoms with van der Waals surface area (Å²) in [5, 5.41) is 5.64. The lowest BCUT2D eigenvalue weighted by molar-refractivity contribution is 0.166. The van der Waals surface area contributed by atoms with Gasteiger partial charge in [-0.05, 0) is 39.9 Å². The summed E-state index contributed by atoms with van der Waals surface area (Å²) in [5.41, 5.74) is 1.43. The molecule has 0 spiro atoms. The first-order chi connectivity index (χ1) is 6.75. The number of hydrogen-bond acceptors (Lipinski definition) is 3. The Kier molecular flexibility index (Phi) is 3.60. The molecule has 0 aliphatic carbocycles. The van der Waals surface area contributed by atoms with Gasteiger partial charge in [-0.15, -0.1) is 11.3 Å². The average molecular weight is 275 g/mol. The van der Waals surface area contributed by atoms with Crippen LogP contribution >= 0.6 is 27.3 Å². The number of nitrogens with one attached hydrogen (secondary N) is 1. The van der Waals surface area contributed by atoms with Crippen LogP contribution in [0.15, 0.2) is 15.2 Å². The molecule has 2 heterocycles. The third-order valence-electron chi connectivity index (χ3n) is 2.65. The molecule has 1 aromatic heterocycles. The Hall–Kier alpha value is 0.100. The molecule has 4 heteroatoms. The van der Waals surface area contributed by atoms with E-state index in [-0.39, 0.29) is 0 Å². The molecule has 0 aromatic carbocycles. The van der Waals surface area contributed by atoms with Crippen molar-refractivity contribution in [2.24, 2.45) is 0 Å². The van der Waals surface area contributed by atoms with Crippen LogP contribution in [0.3, 0.4) is 0 Å². The van der Waals surface area contributed by atoms with Gasteiger partial charge in [0.05, 0.1) is 3.79 Å². The van der Waals surface area contributed by atoms with Crippen LogP contribution in [-0.2, 0) is 6.54 Å². The Labute approximate surface area is 97.4 Å². The third kappa shape index (κ3) is 2.57. The van der Waals surface area contributed by atoms with Gasteiger partial charge in [0.2, 0.25) is 0 Å². The van der Waals surface area contributed by atoms with Crippen molar-refractivity contribution in [2.75, 3.05) is 19.6 Å². The fourth-order valence-corrected chi connectivity index (χ4v) is 2.98. The minimum Gasteiger partial charge on any atom is -0.314 e. The Morgan fingerprint density at radius 3 is 3.21 bits per heavy atom. The highest BCUT2D eigenvalue weighted by molar-refractivity contribution is 9.11. The molecule has 2 rings (SSSR count). The zero-order valence-electron chi connectivity index (χ0n) is 8.29. The molecule has 0 bridgehead atoms. The molecule has 14 heavy (non-hydrogen) atoms. The average Bonchev–Trinajstić information content (AvgIpc) is 2.56. The Bertz CT molecular complexity index is 300. The summed E-state index contributed by atoms with van der Waals surface area (Å²) in [6.07, 6.45) is 0. The molecule has 1 N–H and O–H groups in total. The fraction of sp³-hybridized carbons (Fsp3) is 0.600. The molecule has 78 valence electrons. The molecule has 1 aliphatic rings. The number of thiophene rings is 1. The van der Waals surface area contributed by atoms with Crippen molar-refractivity contribution in [3.63, 3.8) is 0 Å². The summed E-state index contributed by atoms with van der Waals surface area (Å²) in [6.45, 7) is 6.77. The van der Waals surface area contributed by atoms with Gasteiger partial charge in [-0.1, -0.05) is 0 Å². The normalized spacial score (nSPS) is 24.0. The number of hydrogen-bond donors (Lipinski definition) is 1. The molecule has 1 atom stereocenters. The molecular weight excluding hydrogens is 260 g/mol. The van der Waals surface area contributed by atoms with Crippen molar-refractivity contribution in [3.05, 3.63) is 20.8 Å². The highest BCUT2D eigenvalue weighted by Gasteiger charge is 2.17. The number of halogens is 1. The molecule has 2 nitrogen and oxygen atoms in total. The van der Waals surface area contributed by atoms with Crippen molar-refractivity contribution in [1.29, 1.82) is 0 Å². The third-order valence-corrected chi connectivity index (χ3v) is 4.20. The van der Waals surface area contributed by atoms with Gasteiger partial charge in [0.25, 0.3) is 0 Å². The summed E-state index contributed by atoms with van der Waals surface area (Å²) >= 11 is 5.27. The van der Waals surface area contributed by atoms with E-state index in [1.807, 2.05) is 0 Å². The van der Waals surface area contributed by atoms with E-state index in [0.29, 0.717) is 6.04 Å². The fourth-order valence-electron chi connectivity index (χ4n) is 1.78. The zero-order chi connectivity index (χ0) is 9.97. The summed E-state index contributed by atoms with van der Waals surface area (Å²) in [6, 6.07) is 2.88. The quantitative estimate of drug-likeness (QED) is 0.891. The summed E-state index contributed by atoms with van der Waals surface area (Å²) in [5.74, 6) is 0. The Morgan fingerprint density at radius 1 is 1.71 bits per heavy atom. The summed E-state index contributed by atoms with van der Waals surface area (Å²) in [4.78, 5) is 2.53. The SMILES string of the molecule is CC1CNCCN1Cc1csc(Br)c1. The van der Waals surface area contributed by atoms with Gasteiger partial charge in [0.1, 0.15) is 0 Å². The van der Waals surface area contributed by atoms with Crippen LogP contribution in [0.2, 0.25) is 0 Å². The van der Waals surface area contributed by atoms with E-state index in [2.05, 4.69) is 44.5 Å². The number of rotatable bonds is 2. The zero-order valence-corrected chi connectivity index (χ0v) is 10.7. The van der Waals surface area contributed by atoms with E-state index < -0.39 is 0 Å². The van der Waals surface area contributed by atoms with Gasteiger partial charge < -0.3 is 5.32 Å². The van der Waals surface area contributed by atoms with Crippen LogP contribution in [0, 0.1) is 0 Å². The van der Waals surface area contributed by atoms with Gasteiger partial charge in [0.15, 0.2) is 0 Å². The first-order valence-electron chi connectivity index (χ1n) is 4.93. The van der Waals surface area contributed by atoms with Crippen molar-refractivity contribution < 1.29 is 0 Å². The molecule has 1 unspecified atom stereocenters. The maximum atomic E-state index is 3.50. The molecule has 0 radical (unpaired) electrons. The van der Waals surface area contributed by atoms with E-state index in [1.54, 1.807) is 11.3 Å². The monoisotopic (exact) mass is 274 g/mol. The van der Waals surface area contributed by atoms with E-state index in [0.717, 1.165) is 26.2 Å². The molecule has 1 aromatic rings. The number of nitrogens with zero attached hydrogens (tertiary/aromatic N) is 1. The maximum Gasteiger partial charge on any atom is 0.0701 e. The highest BCUT2D eigenvalue weighted by atomic mass is 79.9. The van der Waals surface area contributed by atoms with Crippen molar-refractivity contribution >= 4 is 27.3 Å². The van der Waals surface area contributed by atoms with Gasteiger partial charge in [-0.25, -0.2) is 0 Å². The van der Waals surface area contributed by atoms with Crippen LogP contribution in [0.5, 0.6) is 0 Å². The smallest absolute Gasteiger partial charge is 0.0701 e. The standard InChI is InChI=1S/C10H15BrN2S/c1-8-5-12-2-3-13(8)6-9-4-10(11)14-7-9/h4,7-8,12H,2-3,5-6H2,1H3.